The molecule has 3 heterocycles. The molecule has 7 atom stereocenters. The van der Waals surface area contributed by atoms with Crippen LogP contribution in [-0.4, -0.2) is 82.6 Å². The third kappa shape index (κ3) is 5.10. The number of ether oxygens (including phenoxy) is 3. The minimum absolute atomic E-state index is 0.350. The lowest BCUT2D eigenvalue weighted by molar-refractivity contribution is -0.268. The Morgan fingerprint density at radius 2 is 1.90 bits per heavy atom. The highest BCUT2D eigenvalue weighted by molar-refractivity contribution is 5.87. The molecular weight excluding hydrogens is 402 g/mol. The predicted octanol–water partition coefficient (Wildman–Crippen LogP) is 0.934. The highest BCUT2D eigenvalue weighted by Gasteiger charge is 2.43. The number of nitrogens with zero attached hydrogens (tertiary/aromatic N) is 1. The fraction of sp³-hybridized carbons (Fsp3) is 0.609. The van der Waals surface area contributed by atoms with E-state index < -0.39 is 30.7 Å². The third-order valence-corrected chi connectivity index (χ3v) is 6.54. The summed E-state index contributed by atoms with van der Waals surface area (Å²) in [4.78, 5) is 14.6. The van der Waals surface area contributed by atoms with Gasteiger partial charge in [-0.25, -0.2) is 4.79 Å². The molecule has 8 heteroatoms. The lowest BCUT2D eigenvalue weighted by Gasteiger charge is -2.38. The van der Waals surface area contributed by atoms with E-state index in [1.54, 1.807) is 37.3 Å². The summed E-state index contributed by atoms with van der Waals surface area (Å²) >= 11 is 0. The number of esters is 1. The van der Waals surface area contributed by atoms with Gasteiger partial charge < -0.3 is 29.5 Å². The van der Waals surface area contributed by atoms with Crippen molar-refractivity contribution in [2.45, 2.75) is 62.9 Å². The molecule has 0 radical (unpaired) electrons. The minimum atomic E-state index is -1.36. The number of rotatable bonds is 6. The Bertz CT molecular complexity index is 783. The molecule has 3 aliphatic heterocycles. The van der Waals surface area contributed by atoms with Crippen LogP contribution in [0.15, 0.2) is 30.3 Å². The first-order valence-corrected chi connectivity index (χ1v) is 11.0. The fourth-order valence-electron chi connectivity index (χ4n) is 4.69. The lowest BCUT2D eigenvalue weighted by Crippen LogP contribution is -2.58. The number of carbonyl (C=O) groups is 1. The van der Waals surface area contributed by atoms with E-state index in [1.807, 2.05) is 0 Å². The van der Waals surface area contributed by atoms with Gasteiger partial charge in [-0.2, -0.15) is 0 Å². The summed E-state index contributed by atoms with van der Waals surface area (Å²) in [5.74, 6) is 0.523. The zero-order chi connectivity index (χ0) is 22.0. The largest absolute Gasteiger partial charge is 0.462 e. The molecule has 170 valence electrons. The first-order chi connectivity index (χ1) is 14.9. The molecule has 0 aromatic heterocycles. The molecule has 4 rings (SSSR count). The molecule has 0 amide bonds. The van der Waals surface area contributed by atoms with E-state index in [1.165, 1.54) is 25.5 Å². The summed E-state index contributed by atoms with van der Waals surface area (Å²) in [6.45, 7) is 4.35. The van der Waals surface area contributed by atoms with Crippen LogP contribution >= 0.6 is 0 Å². The second-order valence-corrected chi connectivity index (χ2v) is 8.63. The number of aliphatic hydroxyl groups excluding tert-OH is 3. The van der Waals surface area contributed by atoms with E-state index in [0.29, 0.717) is 24.3 Å². The number of benzene rings is 1. The molecule has 0 unspecified atom stereocenters. The van der Waals surface area contributed by atoms with Crippen molar-refractivity contribution in [3.05, 3.63) is 35.9 Å². The van der Waals surface area contributed by atoms with Crippen LogP contribution in [0.5, 0.6) is 5.75 Å². The van der Waals surface area contributed by atoms with Crippen LogP contribution in [-0.2, 0) is 14.3 Å². The van der Waals surface area contributed by atoms with Gasteiger partial charge in [0.05, 0.1) is 12.7 Å². The smallest absolute Gasteiger partial charge is 0.330 e. The molecule has 0 spiro atoms. The van der Waals surface area contributed by atoms with Gasteiger partial charge in [0.15, 0.2) is 0 Å². The number of fused-ring (bicyclic) bond motifs is 1. The van der Waals surface area contributed by atoms with E-state index in [-0.39, 0.29) is 5.97 Å². The molecule has 3 fully saturated rings. The number of hydrogen-bond donors (Lipinski definition) is 3. The topological polar surface area (TPSA) is 109 Å². The van der Waals surface area contributed by atoms with Crippen molar-refractivity contribution in [1.29, 1.82) is 0 Å². The van der Waals surface area contributed by atoms with Gasteiger partial charge in [-0.05, 0) is 63.0 Å². The molecule has 0 aliphatic carbocycles. The highest BCUT2D eigenvalue weighted by Crippen LogP contribution is 2.32. The Balaban J connectivity index is 1.25. The standard InChI is InChI=1S/C23H31NO7/c1-14-20(26)21(27)22(28)23(30-14)31-17-7-4-15(5-8-17)6-9-19(25)29-13-16-10-12-24-11-2-3-18(16)24/h4-9,14,16,18,20-23,26-28H,2-3,10-13H2,1H3/b9-6+/t14-,16-,18+,20-,21+,22+,23-/m0/s1. The maximum absolute atomic E-state index is 12.1. The van der Waals surface area contributed by atoms with Crippen LogP contribution in [0.3, 0.4) is 0 Å². The van der Waals surface area contributed by atoms with Gasteiger partial charge >= 0.3 is 5.97 Å². The van der Waals surface area contributed by atoms with Gasteiger partial charge in [0.2, 0.25) is 6.29 Å². The number of aliphatic hydroxyl groups is 3. The maximum atomic E-state index is 12.1. The van der Waals surface area contributed by atoms with Gasteiger partial charge in [-0.1, -0.05) is 12.1 Å². The summed E-state index contributed by atoms with van der Waals surface area (Å²) in [6, 6.07) is 7.45. The summed E-state index contributed by atoms with van der Waals surface area (Å²) in [6.07, 6.45) is 0.996. The lowest BCUT2D eigenvalue weighted by atomic mass is 9.99. The molecule has 8 nitrogen and oxygen atoms in total. The van der Waals surface area contributed by atoms with Crippen molar-refractivity contribution >= 4 is 12.0 Å². The minimum Gasteiger partial charge on any atom is -0.462 e. The predicted molar refractivity (Wildman–Crippen MR) is 112 cm³/mol. The van der Waals surface area contributed by atoms with Crippen LogP contribution in [0.2, 0.25) is 0 Å². The molecule has 31 heavy (non-hydrogen) atoms. The SMILES string of the molecule is C[C@@H]1O[C@@H](Oc2ccc(/C=C/C(=O)OC[C@@H]3CCN4CCC[C@H]34)cc2)[C@H](O)[C@H](O)[C@H]1O. The normalized spacial score (nSPS) is 35.9. The van der Waals surface area contributed by atoms with Crippen LogP contribution in [0.25, 0.3) is 6.08 Å². The second-order valence-electron chi connectivity index (χ2n) is 8.63. The van der Waals surface area contributed by atoms with E-state index in [9.17, 15) is 20.1 Å². The zero-order valence-electron chi connectivity index (χ0n) is 17.7. The molecule has 0 bridgehead atoms. The van der Waals surface area contributed by atoms with Gasteiger partial charge in [-0.15, -0.1) is 0 Å². The Kier molecular flexibility index (Phi) is 6.93. The van der Waals surface area contributed by atoms with Crippen molar-refractivity contribution in [2.75, 3.05) is 19.7 Å². The molecule has 3 saturated heterocycles. The van der Waals surface area contributed by atoms with Gasteiger partial charge in [-0.3, -0.25) is 4.90 Å². The molecule has 1 aromatic carbocycles. The van der Waals surface area contributed by atoms with Crippen molar-refractivity contribution in [3.63, 3.8) is 0 Å². The van der Waals surface area contributed by atoms with Gasteiger partial charge in [0, 0.05) is 18.0 Å². The molecule has 0 saturated carbocycles. The summed E-state index contributed by atoms with van der Waals surface area (Å²) in [5.41, 5.74) is 0.793. The van der Waals surface area contributed by atoms with Crippen molar-refractivity contribution < 1.29 is 34.3 Å². The average Bonchev–Trinajstić information content (AvgIpc) is 3.38. The summed E-state index contributed by atoms with van der Waals surface area (Å²) < 4.78 is 16.5. The summed E-state index contributed by atoms with van der Waals surface area (Å²) in [7, 11) is 0. The van der Waals surface area contributed by atoms with E-state index >= 15 is 0 Å². The van der Waals surface area contributed by atoms with E-state index in [4.69, 9.17) is 14.2 Å². The van der Waals surface area contributed by atoms with E-state index in [2.05, 4.69) is 4.90 Å². The molecular formula is C23H31NO7. The van der Waals surface area contributed by atoms with E-state index in [0.717, 1.165) is 18.5 Å². The van der Waals surface area contributed by atoms with Crippen LogP contribution in [0, 0.1) is 5.92 Å². The quantitative estimate of drug-likeness (QED) is 0.449. The third-order valence-electron chi connectivity index (χ3n) is 6.54. The number of hydrogen-bond acceptors (Lipinski definition) is 8. The number of carbonyl (C=O) groups excluding carboxylic acids is 1. The Morgan fingerprint density at radius 1 is 1.13 bits per heavy atom. The highest BCUT2D eigenvalue weighted by atomic mass is 16.7. The zero-order valence-corrected chi connectivity index (χ0v) is 17.7. The van der Waals surface area contributed by atoms with Crippen molar-refractivity contribution in [3.8, 4) is 5.75 Å². The first-order valence-electron chi connectivity index (χ1n) is 11.0. The average molecular weight is 434 g/mol. The Morgan fingerprint density at radius 3 is 2.68 bits per heavy atom. The second kappa shape index (κ2) is 9.67. The van der Waals surface area contributed by atoms with Crippen LogP contribution in [0.1, 0.15) is 31.7 Å². The Labute approximate surface area is 182 Å². The van der Waals surface area contributed by atoms with Crippen molar-refractivity contribution in [2.24, 2.45) is 5.92 Å². The monoisotopic (exact) mass is 433 g/mol. The Hall–Kier alpha value is -1.97. The fourth-order valence-corrected chi connectivity index (χ4v) is 4.69. The summed E-state index contributed by atoms with van der Waals surface area (Å²) in [5, 5.41) is 29.7. The van der Waals surface area contributed by atoms with Gasteiger partial charge in [0.25, 0.3) is 0 Å². The van der Waals surface area contributed by atoms with Crippen LogP contribution < -0.4 is 4.74 Å². The maximum Gasteiger partial charge on any atom is 0.330 e. The van der Waals surface area contributed by atoms with Crippen LogP contribution in [0.4, 0.5) is 0 Å². The van der Waals surface area contributed by atoms with Gasteiger partial charge in [0.1, 0.15) is 24.1 Å². The molecule has 3 aliphatic rings. The van der Waals surface area contributed by atoms with Crippen molar-refractivity contribution in [1.82, 2.24) is 4.90 Å². The first kappa shape index (κ1) is 22.2. The molecule has 3 N–H and O–H groups in total. The molecule has 1 aromatic rings.